The summed E-state index contributed by atoms with van der Waals surface area (Å²) in [5.41, 5.74) is 1.93. The lowest BCUT2D eigenvalue weighted by molar-refractivity contribution is -0.116. The van der Waals surface area contributed by atoms with Crippen molar-refractivity contribution in [2.75, 3.05) is 0 Å². The molecule has 1 heterocycles. The molecule has 0 radical (unpaired) electrons. The monoisotopic (exact) mass is 331 g/mol. The van der Waals surface area contributed by atoms with Gasteiger partial charge in [-0.15, -0.1) is 0 Å². The first-order valence-corrected chi connectivity index (χ1v) is 8.35. The fraction of sp³-hybridized carbons (Fsp3) is 0.190. The molecule has 2 aliphatic rings. The molecule has 25 heavy (non-hydrogen) atoms. The predicted molar refractivity (Wildman–Crippen MR) is 94.0 cm³/mol. The molecule has 0 bridgehead atoms. The van der Waals surface area contributed by atoms with Gasteiger partial charge in [0.25, 0.3) is 11.8 Å². The Morgan fingerprint density at radius 1 is 0.880 bits per heavy atom. The lowest BCUT2D eigenvalue weighted by atomic mass is 9.80. The van der Waals surface area contributed by atoms with E-state index in [1.54, 1.807) is 24.3 Å². The van der Waals surface area contributed by atoms with Crippen LogP contribution in [-0.2, 0) is 4.79 Å². The second-order valence-corrected chi connectivity index (χ2v) is 6.51. The quantitative estimate of drug-likeness (QED) is 0.639. The lowest BCUT2D eigenvalue weighted by Gasteiger charge is -2.38. The van der Waals surface area contributed by atoms with Gasteiger partial charge in [0.2, 0.25) is 0 Å². The molecule has 1 unspecified atom stereocenters. The van der Waals surface area contributed by atoms with Crippen molar-refractivity contribution < 1.29 is 14.4 Å². The van der Waals surface area contributed by atoms with Gasteiger partial charge in [-0.3, -0.25) is 14.5 Å². The molecule has 0 spiro atoms. The average molecular weight is 331 g/mol. The van der Waals surface area contributed by atoms with E-state index < -0.39 is 5.54 Å². The van der Waals surface area contributed by atoms with Crippen LogP contribution in [0.25, 0.3) is 5.57 Å². The number of hydrogen-bond acceptors (Lipinski definition) is 3. The molecular formula is C21H17NO3. The van der Waals surface area contributed by atoms with Crippen LogP contribution >= 0.6 is 0 Å². The second-order valence-electron chi connectivity index (χ2n) is 6.51. The molecular weight excluding hydrogens is 314 g/mol. The molecule has 1 atom stereocenters. The van der Waals surface area contributed by atoms with E-state index in [9.17, 15) is 14.4 Å². The minimum absolute atomic E-state index is 0.353. The third-order valence-corrected chi connectivity index (χ3v) is 5.13. The molecule has 124 valence electrons. The summed E-state index contributed by atoms with van der Waals surface area (Å²) in [6.07, 6.45) is 4.20. The predicted octanol–water partition coefficient (Wildman–Crippen LogP) is 3.49. The Morgan fingerprint density at radius 3 is 2.00 bits per heavy atom. The van der Waals surface area contributed by atoms with E-state index in [4.69, 9.17) is 0 Å². The van der Waals surface area contributed by atoms with Crippen LogP contribution in [0.2, 0.25) is 0 Å². The number of hydrogen-bond donors (Lipinski definition) is 0. The molecule has 1 aliphatic heterocycles. The molecule has 4 heteroatoms. The van der Waals surface area contributed by atoms with Crippen molar-refractivity contribution in [3.05, 3.63) is 77.4 Å². The highest BCUT2D eigenvalue weighted by Crippen LogP contribution is 2.39. The van der Waals surface area contributed by atoms with Gasteiger partial charge in [0.05, 0.1) is 11.1 Å². The van der Waals surface area contributed by atoms with Crippen molar-refractivity contribution in [2.24, 2.45) is 0 Å². The van der Waals surface area contributed by atoms with Crippen molar-refractivity contribution in [1.82, 2.24) is 4.90 Å². The van der Waals surface area contributed by atoms with E-state index in [1.807, 2.05) is 36.4 Å². The van der Waals surface area contributed by atoms with Gasteiger partial charge in [0, 0.05) is 0 Å². The summed E-state index contributed by atoms with van der Waals surface area (Å²) in [5.74, 6) is -0.742. The Labute approximate surface area is 145 Å². The van der Waals surface area contributed by atoms with E-state index in [-0.39, 0.29) is 11.8 Å². The van der Waals surface area contributed by atoms with Gasteiger partial charge >= 0.3 is 0 Å². The number of amides is 2. The lowest BCUT2D eigenvalue weighted by Crippen LogP contribution is -2.53. The van der Waals surface area contributed by atoms with Gasteiger partial charge in [0.15, 0.2) is 0 Å². The molecule has 0 N–H and O–H groups in total. The number of aldehydes is 1. The SMILES string of the molecule is O=CC1(N2C(=O)c3ccccc3C2=O)CC=C(c2ccccc2)CC1. The fourth-order valence-electron chi connectivity index (χ4n) is 3.73. The third kappa shape index (κ3) is 2.33. The van der Waals surface area contributed by atoms with Crippen molar-refractivity contribution in [3.8, 4) is 0 Å². The van der Waals surface area contributed by atoms with Gasteiger partial charge in [-0.1, -0.05) is 48.5 Å². The summed E-state index contributed by atoms with van der Waals surface area (Å²) in [5, 5.41) is 0. The summed E-state index contributed by atoms with van der Waals surface area (Å²) in [7, 11) is 0. The topological polar surface area (TPSA) is 54.5 Å². The van der Waals surface area contributed by atoms with Gasteiger partial charge in [-0.25, -0.2) is 0 Å². The first-order chi connectivity index (χ1) is 12.2. The van der Waals surface area contributed by atoms with Crippen LogP contribution in [-0.4, -0.2) is 28.5 Å². The van der Waals surface area contributed by atoms with Gasteiger partial charge in [0.1, 0.15) is 11.8 Å². The van der Waals surface area contributed by atoms with E-state index >= 15 is 0 Å². The van der Waals surface area contributed by atoms with E-state index in [0.717, 1.165) is 17.4 Å². The highest BCUT2D eigenvalue weighted by molar-refractivity contribution is 6.22. The van der Waals surface area contributed by atoms with Gasteiger partial charge < -0.3 is 4.79 Å². The molecule has 1 aliphatic carbocycles. The van der Waals surface area contributed by atoms with E-state index in [2.05, 4.69) is 0 Å². The van der Waals surface area contributed by atoms with Crippen molar-refractivity contribution in [2.45, 2.75) is 24.8 Å². The Morgan fingerprint density at radius 2 is 1.48 bits per heavy atom. The zero-order valence-corrected chi connectivity index (χ0v) is 13.6. The molecule has 4 nitrogen and oxygen atoms in total. The molecule has 2 amide bonds. The summed E-state index contributed by atoms with van der Waals surface area (Å²) in [6, 6.07) is 16.7. The maximum atomic E-state index is 12.7. The summed E-state index contributed by atoms with van der Waals surface area (Å²) < 4.78 is 0. The Hall–Kier alpha value is -3.01. The number of imide groups is 1. The highest BCUT2D eigenvalue weighted by atomic mass is 16.2. The number of benzene rings is 2. The van der Waals surface area contributed by atoms with Crippen molar-refractivity contribution in [1.29, 1.82) is 0 Å². The van der Waals surface area contributed by atoms with Crippen LogP contribution in [0.4, 0.5) is 0 Å². The number of rotatable bonds is 3. The van der Waals surface area contributed by atoms with Crippen LogP contribution in [0, 0.1) is 0 Å². The van der Waals surface area contributed by atoms with Crippen LogP contribution in [0.3, 0.4) is 0 Å². The largest absolute Gasteiger partial charge is 0.301 e. The normalized spacial score (nSPS) is 22.6. The maximum absolute atomic E-state index is 12.7. The van der Waals surface area contributed by atoms with Gasteiger partial charge in [-0.2, -0.15) is 0 Å². The Balaban J connectivity index is 1.68. The number of allylic oxidation sites excluding steroid dienone is 1. The Bertz CT molecular complexity index is 865. The van der Waals surface area contributed by atoms with E-state index in [1.165, 1.54) is 4.90 Å². The summed E-state index contributed by atoms with van der Waals surface area (Å²) in [4.78, 5) is 38.6. The minimum Gasteiger partial charge on any atom is -0.301 e. The van der Waals surface area contributed by atoms with E-state index in [0.29, 0.717) is 30.4 Å². The first kappa shape index (κ1) is 15.5. The summed E-state index contributed by atoms with van der Waals surface area (Å²) >= 11 is 0. The Kier molecular flexibility index (Phi) is 3.61. The average Bonchev–Trinajstić information content (AvgIpc) is 2.94. The molecule has 2 aromatic rings. The zero-order valence-electron chi connectivity index (χ0n) is 13.6. The van der Waals surface area contributed by atoms with Crippen LogP contribution in [0.1, 0.15) is 45.5 Å². The van der Waals surface area contributed by atoms with Crippen LogP contribution in [0.15, 0.2) is 60.7 Å². The standard InChI is InChI=1S/C21H17NO3/c23-14-21(12-10-16(11-13-21)15-6-2-1-3-7-15)22-19(24)17-8-4-5-9-18(17)20(22)25/h1-10,14H,11-13H2. The van der Waals surface area contributed by atoms with Crippen molar-refractivity contribution >= 4 is 23.7 Å². The maximum Gasteiger partial charge on any atom is 0.262 e. The molecule has 2 aromatic carbocycles. The minimum atomic E-state index is -1.09. The number of carbonyl (C=O) groups excluding carboxylic acids is 3. The summed E-state index contributed by atoms with van der Waals surface area (Å²) in [6.45, 7) is 0. The van der Waals surface area contributed by atoms with Gasteiger partial charge in [-0.05, 0) is 42.5 Å². The molecule has 4 rings (SSSR count). The number of carbonyl (C=O) groups is 3. The molecule has 0 saturated heterocycles. The molecule has 0 fully saturated rings. The highest BCUT2D eigenvalue weighted by Gasteiger charge is 2.49. The van der Waals surface area contributed by atoms with Crippen LogP contribution < -0.4 is 0 Å². The third-order valence-electron chi connectivity index (χ3n) is 5.13. The molecule has 0 saturated carbocycles. The number of nitrogens with zero attached hydrogens (tertiary/aromatic N) is 1. The smallest absolute Gasteiger partial charge is 0.262 e. The van der Waals surface area contributed by atoms with Crippen molar-refractivity contribution in [3.63, 3.8) is 0 Å². The second kappa shape index (κ2) is 5.81. The fourth-order valence-corrected chi connectivity index (χ4v) is 3.73. The van der Waals surface area contributed by atoms with Crippen LogP contribution in [0.5, 0.6) is 0 Å². The molecule has 0 aromatic heterocycles. The number of fused-ring (bicyclic) bond motifs is 1. The zero-order chi connectivity index (χ0) is 17.4. The first-order valence-electron chi connectivity index (χ1n) is 8.35.